The highest BCUT2D eigenvalue weighted by molar-refractivity contribution is 14.1. The molecule has 0 radical (unpaired) electrons. The molecule has 0 aliphatic rings. The maximum absolute atomic E-state index is 10.9. The fourth-order valence-electron chi connectivity index (χ4n) is 1.91. The number of hydrogen-bond acceptors (Lipinski definition) is 3. The van der Waals surface area contributed by atoms with Gasteiger partial charge in [0.25, 0.3) is 5.69 Å². The second-order valence-corrected chi connectivity index (χ2v) is 5.30. The number of nitrogens with one attached hydrogen (secondary N) is 1. The minimum Gasteiger partial charge on any atom is -0.338 e. The monoisotopic (exact) mass is 365 g/mol. The Kier molecular flexibility index (Phi) is 2.94. The zero-order valence-corrected chi connectivity index (χ0v) is 11.8. The summed E-state index contributed by atoms with van der Waals surface area (Å²) in [6.07, 6.45) is 0. The molecule has 94 valence electrons. The SMILES string of the molecule is O=[N+]([O-])c1cc(I)cc(-c2nc3ccccc3[nH]2)c1. The highest BCUT2D eigenvalue weighted by Crippen LogP contribution is 2.26. The Morgan fingerprint density at radius 2 is 2.00 bits per heavy atom. The van der Waals surface area contributed by atoms with Gasteiger partial charge in [-0.05, 0) is 40.8 Å². The lowest BCUT2D eigenvalue weighted by molar-refractivity contribution is -0.384. The van der Waals surface area contributed by atoms with Crippen molar-refractivity contribution in [3.8, 4) is 11.4 Å². The highest BCUT2D eigenvalue weighted by Gasteiger charge is 2.12. The number of aromatic nitrogens is 2. The minimum atomic E-state index is -0.395. The number of nitrogens with zero attached hydrogens (tertiary/aromatic N) is 2. The quantitative estimate of drug-likeness (QED) is 0.427. The summed E-state index contributed by atoms with van der Waals surface area (Å²) < 4.78 is 0.808. The molecule has 1 heterocycles. The summed E-state index contributed by atoms with van der Waals surface area (Å²) in [7, 11) is 0. The van der Waals surface area contributed by atoms with Crippen molar-refractivity contribution in [3.05, 3.63) is 56.1 Å². The van der Waals surface area contributed by atoms with Crippen LogP contribution < -0.4 is 0 Å². The molecular weight excluding hydrogens is 357 g/mol. The molecular formula is C13H8IN3O2. The van der Waals surface area contributed by atoms with Crippen molar-refractivity contribution in [1.29, 1.82) is 0 Å². The van der Waals surface area contributed by atoms with Crippen LogP contribution in [-0.2, 0) is 0 Å². The second kappa shape index (κ2) is 4.61. The van der Waals surface area contributed by atoms with E-state index in [1.165, 1.54) is 12.1 Å². The van der Waals surface area contributed by atoms with Gasteiger partial charge in [0.05, 0.1) is 16.0 Å². The first-order valence-corrected chi connectivity index (χ1v) is 6.61. The van der Waals surface area contributed by atoms with Crippen molar-refractivity contribution in [2.45, 2.75) is 0 Å². The second-order valence-electron chi connectivity index (χ2n) is 4.06. The van der Waals surface area contributed by atoms with Crippen LogP contribution in [0.4, 0.5) is 5.69 Å². The summed E-state index contributed by atoms with van der Waals surface area (Å²) in [4.78, 5) is 18.1. The zero-order chi connectivity index (χ0) is 13.4. The summed E-state index contributed by atoms with van der Waals surface area (Å²) in [5.74, 6) is 0.641. The molecule has 2 aromatic carbocycles. The van der Waals surface area contributed by atoms with E-state index in [2.05, 4.69) is 32.6 Å². The predicted octanol–water partition coefficient (Wildman–Crippen LogP) is 3.74. The van der Waals surface area contributed by atoms with Crippen LogP contribution >= 0.6 is 22.6 Å². The molecule has 3 rings (SSSR count). The fourth-order valence-corrected chi connectivity index (χ4v) is 2.56. The molecule has 0 fully saturated rings. The molecule has 0 saturated heterocycles. The maximum atomic E-state index is 10.9. The topological polar surface area (TPSA) is 71.8 Å². The number of benzene rings is 2. The van der Waals surface area contributed by atoms with Crippen LogP contribution in [0.15, 0.2) is 42.5 Å². The average molecular weight is 365 g/mol. The molecule has 1 N–H and O–H groups in total. The lowest BCUT2D eigenvalue weighted by atomic mass is 10.2. The van der Waals surface area contributed by atoms with E-state index in [-0.39, 0.29) is 5.69 Å². The van der Waals surface area contributed by atoms with Gasteiger partial charge in [-0.15, -0.1) is 0 Å². The number of halogens is 1. The number of H-pyrrole nitrogens is 1. The van der Waals surface area contributed by atoms with Crippen LogP contribution in [0.1, 0.15) is 0 Å². The number of imidazole rings is 1. The van der Waals surface area contributed by atoms with Gasteiger partial charge in [0, 0.05) is 21.3 Å². The molecule has 0 bridgehead atoms. The summed E-state index contributed by atoms with van der Waals surface area (Å²) in [6, 6.07) is 12.6. The van der Waals surface area contributed by atoms with Crippen molar-refractivity contribution in [2.75, 3.05) is 0 Å². The molecule has 19 heavy (non-hydrogen) atoms. The van der Waals surface area contributed by atoms with Crippen LogP contribution in [-0.4, -0.2) is 14.9 Å². The zero-order valence-electron chi connectivity index (χ0n) is 9.63. The van der Waals surface area contributed by atoms with Crippen molar-refractivity contribution < 1.29 is 4.92 Å². The number of fused-ring (bicyclic) bond motifs is 1. The molecule has 6 heteroatoms. The Balaban J connectivity index is 2.17. The molecule has 0 amide bonds. The van der Waals surface area contributed by atoms with Gasteiger partial charge in [-0.3, -0.25) is 10.1 Å². The number of rotatable bonds is 2. The third-order valence-electron chi connectivity index (χ3n) is 2.76. The normalized spacial score (nSPS) is 10.8. The molecule has 3 aromatic rings. The third-order valence-corrected chi connectivity index (χ3v) is 3.38. The van der Waals surface area contributed by atoms with Gasteiger partial charge in [0.2, 0.25) is 0 Å². The van der Waals surface area contributed by atoms with E-state index in [0.717, 1.165) is 20.2 Å². The van der Waals surface area contributed by atoms with E-state index >= 15 is 0 Å². The lowest BCUT2D eigenvalue weighted by Gasteiger charge is -1.99. The van der Waals surface area contributed by atoms with E-state index in [1.807, 2.05) is 30.3 Å². The van der Waals surface area contributed by atoms with E-state index in [0.29, 0.717) is 5.82 Å². The number of para-hydroxylation sites is 2. The van der Waals surface area contributed by atoms with Gasteiger partial charge in [0.1, 0.15) is 5.82 Å². The number of nitro groups is 1. The molecule has 0 saturated carbocycles. The third kappa shape index (κ3) is 2.30. The van der Waals surface area contributed by atoms with E-state index in [4.69, 9.17) is 0 Å². The Morgan fingerprint density at radius 3 is 2.74 bits per heavy atom. The molecule has 0 atom stereocenters. The number of nitro benzene ring substituents is 1. The molecule has 0 spiro atoms. The van der Waals surface area contributed by atoms with Gasteiger partial charge in [-0.2, -0.15) is 0 Å². The first-order chi connectivity index (χ1) is 9.13. The smallest absolute Gasteiger partial charge is 0.271 e. The van der Waals surface area contributed by atoms with Crippen LogP contribution in [0, 0.1) is 13.7 Å². The Bertz CT molecular complexity index is 749. The van der Waals surface area contributed by atoms with Gasteiger partial charge in [0.15, 0.2) is 0 Å². The molecule has 0 aliphatic carbocycles. The number of hydrogen-bond donors (Lipinski definition) is 1. The van der Waals surface area contributed by atoms with Crippen molar-refractivity contribution in [3.63, 3.8) is 0 Å². The van der Waals surface area contributed by atoms with Crippen molar-refractivity contribution >= 4 is 39.3 Å². The first-order valence-electron chi connectivity index (χ1n) is 5.53. The van der Waals surface area contributed by atoms with Gasteiger partial charge >= 0.3 is 0 Å². The first kappa shape index (κ1) is 12.1. The summed E-state index contributed by atoms with van der Waals surface area (Å²) in [5, 5.41) is 10.9. The number of aromatic amines is 1. The van der Waals surface area contributed by atoms with Gasteiger partial charge in [-0.25, -0.2) is 4.98 Å². The molecule has 0 unspecified atom stereocenters. The standard InChI is InChI=1S/C13H8IN3O2/c14-9-5-8(6-10(7-9)17(18)19)13-15-11-3-1-2-4-12(11)16-13/h1-7H,(H,15,16). The van der Waals surface area contributed by atoms with Crippen LogP contribution in [0.2, 0.25) is 0 Å². The lowest BCUT2D eigenvalue weighted by Crippen LogP contribution is -1.90. The van der Waals surface area contributed by atoms with Gasteiger partial charge in [-0.1, -0.05) is 12.1 Å². The summed E-state index contributed by atoms with van der Waals surface area (Å²) in [5.41, 5.74) is 2.55. The van der Waals surface area contributed by atoms with Crippen LogP contribution in [0.25, 0.3) is 22.4 Å². The maximum Gasteiger partial charge on any atom is 0.271 e. The van der Waals surface area contributed by atoms with E-state index < -0.39 is 4.92 Å². The Hall–Kier alpha value is -1.96. The molecule has 1 aromatic heterocycles. The van der Waals surface area contributed by atoms with E-state index in [9.17, 15) is 10.1 Å². The fraction of sp³-hybridized carbons (Fsp3) is 0. The van der Waals surface area contributed by atoms with Crippen LogP contribution in [0.3, 0.4) is 0 Å². The Morgan fingerprint density at radius 1 is 1.21 bits per heavy atom. The predicted molar refractivity (Wildman–Crippen MR) is 80.9 cm³/mol. The Labute approximate surface area is 122 Å². The average Bonchev–Trinajstić information content (AvgIpc) is 2.81. The highest BCUT2D eigenvalue weighted by atomic mass is 127. The van der Waals surface area contributed by atoms with Crippen molar-refractivity contribution in [2.24, 2.45) is 0 Å². The summed E-state index contributed by atoms with van der Waals surface area (Å²) >= 11 is 2.06. The van der Waals surface area contributed by atoms with Crippen LogP contribution in [0.5, 0.6) is 0 Å². The summed E-state index contributed by atoms with van der Waals surface area (Å²) in [6.45, 7) is 0. The van der Waals surface area contributed by atoms with Gasteiger partial charge < -0.3 is 4.98 Å². The molecule has 0 aliphatic heterocycles. The minimum absolute atomic E-state index is 0.0716. The molecule has 5 nitrogen and oxygen atoms in total. The van der Waals surface area contributed by atoms with Crippen molar-refractivity contribution in [1.82, 2.24) is 9.97 Å². The largest absolute Gasteiger partial charge is 0.338 e. The number of non-ortho nitro benzene ring substituents is 1. The van der Waals surface area contributed by atoms with E-state index in [1.54, 1.807) is 0 Å².